The molecule has 0 spiro atoms. The first kappa shape index (κ1) is 25.4. The summed E-state index contributed by atoms with van der Waals surface area (Å²) in [6.45, 7) is 3.68. The van der Waals surface area contributed by atoms with Gasteiger partial charge in [-0.25, -0.2) is 8.42 Å². The van der Waals surface area contributed by atoms with Gasteiger partial charge in [0.1, 0.15) is 4.21 Å². The van der Waals surface area contributed by atoms with Crippen LogP contribution in [0.3, 0.4) is 0 Å². The number of thiophene rings is 1. The van der Waals surface area contributed by atoms with Crippen molar-refractivity contribution in [3.05, 3.63) is 88.3 Å². The van der Waals surface area contributed by atoms with Gasteiger partial charge in [-0.2, -0.15) is 4.31 Å². The average molecular weight is 544 g/mol. The summed E-state index contributed by atoms with van der Waals surface area (Å²) in [6, 6.07) is 21.9. The van der Waals surface area contributed by atoms with E-state index >= 15 is 0 Å². The number of halogens is 1. The quantitative estimate of drug-likeness (QED) is 0.451. The first-order valence-corrected chi connectivity index (χ1v) is 15.0. The van der Waals surface area contributed by atoms with Crippen molar-refractivity contribution in [2.75, 3.05) is 39.3 Å². The second-order valence-electron chi connectivity index (χ2n) is 9.34. The maximum absolute atomic E-state index is 13.3. The number of rotatable bonds is 6. The zero-order valence-electron chi connectivity index (χ0n) is 20.0. The maximum Gasteiger partial charge on any atom is 0.252 e. The van der Waals surface area contributed by atoms with Crippen LogP contribution in [0.2, 0.25) is 5.02 Å². The molecular weight excluding hydrogens is 514 g/mol. The molecule has 2 saturated heterocycles. The van der Waals surface area contributed by atoms with Crippen molar-refractivity contribution in [2.45, 2.75) is 23.1 Å². The van der Waals surface area contributed by atoms with E-state index in [-0.39, 0.29) is 17.9 Å². The highest BCUT2D eigenvalue weighted by Gasteiger charge is 2.36. The van der Waals surface area contributed by atoms with E-state index in [0.29, 0.717) is 43.2 Å². The van der Waals surface area contributed by atoms with Crippen LogP contribution >= 0.6 is 22.9 Å². The topological polar surface area (TPSA) is 60.9 Å². The number of hydrogen-bond acceptors (Lipinski definition) is 5. The average Bonchev–Trinajstić information content (AvgIpc) is 3.47. The molecule has 0 aliphatic carbocycles. The molecule has 1 amide bonds. The zero-order chi connectivity index (χ0) is 25.1. The van der Waals surface area contributed by atoms with Crippen LogP contribution in [0.25, 0.3) is 0 Å². The smallest absolute Gasteiger partial charge is 0.252 e. The van der Waals surface area contributed by atoms with Crippen LogP contribution in [0, 0.1) is 5.92 Å². The Balaban J connectivity index is 1.21. The van der Waals surface area contributed by atoms with Crippen molar-refractivity contribution >= 4 is 38.9 Å². The lowest BCUT2D eigenvalue weighted by molar-refractivity contribution is -0.138. The monoisotopic (exact) mass is 543 g/mol. The summed E-state index contributed by atoms with van der Waals surface area (Å²) < 4.78 is 27.5. The van der Waals surface area contributed by atoms with Gasteiger partial charge in [-0.05, 0) is 47.5 Å². The molecule has 0 N–H and O–H groups in total. The third-order valence-electron chi connectivity index (χ3n) is 7.18. The van der Waals surface area contributed by atoms with Gasteiger partial charge in [0.15, 0.2) is 0 Å². The molecule has 2 aromatic carbocycles. The number of piperazine rings is 1. The van der Waals surface area contributed by atoms with Gasteiger partial charge < -0.3 is 4.90 Å². The molecule has 1 atom stereocenters. The van der Waals surface area contributed by atoms with Crippen molar-refractivity contribution in [3.8, 4) is 0 Å². The van der Waals surface area contributed by atoms with Gasteiger partial charge >= 0.3 is 0 Å². The summed E-state index contributed by atoms with van der Waals surface area (Å²) in [5.74, 6) is 0.0399. The predicted octanol–water partition coefficient (Wildman–Crippen LogP) is 4.74. The normalized spacial score (nSPS) is 19.3. The SMILES string of the molecule is O=C(C1CCN(S(=O)(=O)c2cccs2)CC1)N1CCN([C@H](c2ccccc2)c2ccc(Cl)cc2)CC1. The van der Waals surface area contributed by atoms with Crippen LogP contribution in [0.5, 0.6) is 0 Å². The highest BCUT2D eigenvalue weighted by molar-refractivity contribution is 7.91. The fraction of sp³-hybridized carbons (Fsp3) is 0.370. The molecule has 0 unspecified atom stereocenters. The first-order valence-electron chi connectivity index (χ1n) is 12.3. The van der Waals surface area contributed by atoms with E-state index in [4.69, 9.17) is 11.6 Å². The summed E-state index contributed by atoms with van der Waals surface area (Å²) in [4.78, 5) is 17.7. The van der Waals surface area contributed by atoms with Crippen LogP contribution in [-0.2, 0) is 14.8 Å². The molecular formula is C27H30ClN3O3S2. The predicted molar refractivity (Wildman–Crippen MR) is 144 cm³/mol. The third-order valence-corrected chi connectivity index (χ3v) is 10.7. The first-order chi connectivity index (χ1) is 17.4. The Bertz CT molecular complexity index is 1250. The van der Waals surface area contributed by atoms with Crippen LogP contribution in [-0.4, -0.2) is 67.7 Å². The van der Waals surface area contributed by atoms with Gasteiger partial charge in [0.2, 0.25) is 5.91 Å². The Morgan fingerprint density at radius 2 is 1.47 bits per heavy atom. The highest BCUT2D eigenvalue weighted by Crippen LogP contribution is 2.32. The lowest BCUT2D eigenvalue weighted by atomic mass is 9.95. The van der Waals surface area contributed by atoms with Gasteiger partial charge in [-0.3, -0.25) is 9.69 Å². The summed E-state index contributed by atoms with van der Waals surface area (Å²) in [6.07, 6.45) is 1.14. The number of nitrogens with zero attached hydrogens (tertiary/aromatic N) is 3. The highest BCUT2D eigenvalue weighted by atomic mass is 35.5. The van der Waals surface area contributed by atoms with Crippen LogP contribution in [0.15, 0.2) is 76.3 Å². The number of piperidine rings is 1. The zero-order valence-corrected chi connectivity index (χ0v) is 22.4. The molecule has 3 aromatic rings. The molecule has 5 rings (SSSR count). The summed E-state index contributed by atoms with van der Waals surface area (Å²) in [7, 11) is -3.45. The number of carbonyl (C=O) groups excluding carboxylic acids is 1. The number of hydrogen-bond donors (Lipinski definition) is 0. The van der Waals surface area contributed by atoms with Crippen molar-refractivity contribution in [2.24, 2.45) is 5.92 Å². The van der Waals surface area contributed by atoms with Crippen molar-refractivity contribution in [1.29, 1.82) is 0 Å². The van der Waals surface area contributed by atoms with Crippen molar-refractivity contribution < 1.29 is 13.2 Å². The third kappa shape index (κ3) is 5.38. The second-order valence-corrected chi connectivity index (χ2v) is 12.9. The fourth-order valence-corrected chi connectivity index (χ4v) is 7.97. The van der Waals surface area contributed by atoms with Crippen molar-refractivity contribution in [1.82, 2.24) is 14.1 Å². The Kier molecular flexibility index (Phi) is 7.79. The van der Waals surface area contributed by atoms with Gasteiger partial charge in [0, 0.05) is 50.2 Å². The van der Waals surface area contributed by atoms with E-state index in [0.717, 1.165) is 18.1 Å². The lowest BCUT2D eigenvalue weighted by Crippen LogP contribution is -2.52. The number of amides is 1. The Morgan fingerprint density at radius 1 is 0.833 bits per heavy atom. The number of sulfonamides is 1. The molecule has 2 fully saturated rings. The van der Waals surface area contributed by atoms with E-state index in [2.05, 4.69) is 41.3 Å². The molecule has 2 aliphatic rings. The molecule has 0 bridgehead atoms. The van der Waals surface area contributed by atoms with E-state index < -0.39 is 10.0 Å². The Hall–Kier alpha value is -2.23. The molecule has 0 radical (unpaired) electrons. The molecule has 9 heteroatoms. The molecule has 2 aliphatic heterocycles. The summed E-state index contributed by atoms with van der Waals surface area (Å²) in [5.41, 5.74) is 2.41. The van der Waals surface area contributed by atoms with Crippen LogP contribution < -0.4 is 0 Å². The van der Waals surface area contributed by atoms with Gasteiger partial charge in [0.25, 0.3) is 10.0 Å². The molecule has 190 valence electrons. The lowest BCUT2D eigenvalue weighted by Gasteiger charge is -2.41. The molecule has 0 saturated carbocycles. The maximum atomic E-state index is 13.3. The van der Waals surface area contributed by atoms with Gasteiger partial charge in [-0.15, -0.1) is 11.3 Å². The van der Waals surface area contributed by atoms with Crippen LogP contribution in [0.4, 0.5) is 0 Å². The Labute approximate surface area is 222 Å². The largest absolute Gasteiger partial charge is 0.340 e. The number of carbonyl (C=O) groups is 1. The molecule has 1 aromatic heterocycles. The molecule has 36 heavy (non-hydrogen) atoms. The summed E-state index contributed by atoms with van der Waals surface area (Å²) >= 11 is 7.38. The molecule has 6 nitrogen and oxygen atoms in total. The van der Waals surface area contributed by atoms with E-state index in [1.807, 2.05) is 23.1 Å². The Morgan fingerprint density at radius 3 is 2.08 bits per heavy atom. The minimum Gasteiger partial charge on any atom is -0.340 e. The number of benzene rings is 2. The van der Waals surface area contributed by atoms with Crippen molar-refractivity contribution in [3.63, 3.8) is 0 Å². The standard InChI is InChI=1S/C27H30ClN3O3S2/c28-24-10-8-22(9-11-24)26(21-5-2-1-3-6-21)29-16-18-30(19-17-29)27(32)23-12-14-31(15-13-23)36(33,34)25-7-4-20-35-25/h1-11,20,23,26H,12-19H2/t26-/m1/s1. The van der Waals surface area contributed by atoms with E-state index in [9.17, 15) is 13.2 Å². The van der Waals surface area contributed by atoms with E-state index in [1.165, 1.54) is 26.8 Å². The van der Waals surface area contributed by atoms with Gasteiger partial charge in [-0.1, -0.05) is 60.1 Å². The fourth-order valence-electron chi connectivity index (χ4n) is 5.23. The minimum absolute atomic E-state index is 0.103. The second kappa shape index (κ2) is 11.0. The minimum atomic E-state index is -3.45. The molecule has 3 heterocycles. The van der Waals surface area contributed by atoms with E-state index in [1.54, 1.807) is 17.5 Å². The van der Waals surface area contributed by atoms with Gasteiger partial charge in [0.05, 0.1) is 6.04 Å². The summed E-state index contributed by atoms with van der Waals surface area (Å²) in [5, 5.41) is 2.49. The van der Waals surface area contributed by atoms with Crippen LogP contribution in [0.1, 0.15) is 30.0 Å².